The molecule has 0 fully saturated rings. The Hall–Kier alpha value is -5.62. The van der Waals surface area contributed by atoms with E-state index in [9.17, 15) is 5.11 Å². The van der Waals surface area contributed by atoms with Gasteiger partial charge in [-0.3, -0.25) is 0 Å². The van der Waals surface area contributed by atoms with Gasteiger partial charge in [0.2, 0.25) is 0 Å². The van der Waals surface area contributed by atoms with E-state index < -0.39 is 5.60 Å². The zero-order chi connectivity index (χ0) is 31.1. The summed E-state index contributed by atoms with van der Waals surface area (Å²) in [5.74, 6) is 2.83. The molecule has 1 aliphatic heterocycles. The summed E-state index contributed by atoms with van der Waals surface area (Å²) in [6.45, 7) is 0. The molecule has 2 heterocycles. The highest BCUT2D eigenvalue weighted by Crippen LogP contribution is 2.52. The Morgan fingerprint density at radius 3 is 1.52 bits per heavy atom. The Balaban J connectivity index is 1.38. The van der Waals surface area contributed by atoms with Gasteiger partial charge >= 0.3 is 0 Å². The molecule has 0 aliphatic carbocycles. The van der Waals surface area contributed by atoms with E-state index in [2.05, 4.69) is 0 Å². The Morgan fingerprint density at radius 1 is 0.457 bits per heavy atom. The van der Waals surface area contributed by atoms with Gasteiger partial charge in [-0.05, 0) is 35.4 Å². The second-order valence-electron chi connectivity index (χ2n) is 11.1. The number of hydrogen-bond acceptors (Lipinski definition) is 5. The largest absolute Gasteiger partial charge is 0.457 e. The lowest BCUT2D eigenvalue weighted by atomic mass is 9.75. The van der Waals surface area contributed by atoms with Crippen molar-refractivity contribution in [3.8, 4) is 56.8 Å². The van der Waals surface area contributed by atoms with Gasteiger partial charge in [-0.15, -0.1) is 0 Å². The van der Waals surface area contributed by atoms with Crippen molar-refractivity contribution in [2.24, 2.45) is 0 Å². The van der Waals surface area contributed by atoms with Crippen molar-refractivity contribution in [2.75, 3.05) is 0 Å². The molecule has 8 rings (SSSR count). The molecule has 0 atom stereocenters. The number of hydrogen-bond donors (Lipinski definition) is 1. The Kier molecular flexibility index (Phi) is 6.90. The third kappa shape index (κ3) is 4.74. The van der Waals surface area contributed by atoms with Crippen LogP contribution in [0.2, 0.25) is 5.02 Å². The highest BCUT2D eigenvalue weighted by atomic mass is 35.5. The fourth-order valence-corrected chi connectivity index (χ4v) is 6.33. The normalized spacial score (nSPS) is 12.9. The third-order valence-electron chi connectivity index (χ3n) is 8.30. The molecule has 5 nitrogen and oxygen atoms in total. The molecular formula is C40H26ClN3O2. The van der Waals surface area contributed by atoms with Crippen LogP contribution in [0.4, 0.5) is 0 Å². The standard InChI is InChI=1S/C40H26ClN3O2/c41-28-23-24-30(34(25-28)40(45)32-19-9-11-21-35(32)46-36-22-12-10-20-33(36)40)29-17-7-8-18-31(29)39-43-37(26-13-3-1-4-14-26)42-38(44-39)27-15-5-2-6-16-27/h1-25,45H. The van der Waals surface area contributed by atoms with Gasteiger partial charge in [0.25, 0.3) is 0 Å². The van der Waals surface area contributed by atoms with Crippen LogP contribution in [0.5, 0.6) is 11.5 Å². The van der Waals surface area contributed by atoms with Gasteiger partial charge in [-0.25, -0.2) is 15.0 Å². The average molecular weight is 616 g/mol. The molecule has 0 radical (unpaired) electrons. The second kappa shape index (κ2) is 11.4. The Morgan fingerprint density at radius 2 is 0.935 bits per heavy atom. The summed E-state index contributed by atoms with van der Waals surface area (Å²) < 4.78 is 6.25. The van der Waals surface area contributed by atoms with E-state index in [0.717, 1.165) is 27.8 Å². The van der Waals surface area contributed by atoms with E-state index in [1.807, 2.05) is 152 Å². The van der Waals surface area contributed by atoms with E-state index in [-0.39, 0.29) is 0 Å². The highest BCUT2D eigenvalue weighted by molar-refractivity contribution is 6.30. The number of aliphatic hydroxyl groups is 1. The summed E-state index contributed by atoms with van der Waals surface area (Å²) in [5, 5.41) is 13.5. The minimum absolute atomic E-state index is 0.504. The number of benzene rings is 6. The van der Waals surface area contributed by atoms with Gasteiger partial charge in [-0.2, -0.15) is 0 Å². The van der Waals surface area contributed by atoms with Gasteiger partial charge < -0.3 is 9.84 Å². The van der Waals surface area contributed by atoms with Crippen LogP contribution < -0.4 is 4.74 Å². The van der Waals surface area contributed by atoms with Crippen molar-refractivity contribution in [3.05, 3.63) is 173 Å². The molecule has 220 valence electrons. The van der Waals surface area contributed by atoms with E-state index in [4.69, 9.17) is 31.3 Å². The van der Waals surface area contributed by atoms with Gasteiger partial charge in [0.1, 0.15) is 17.1 Å². The van der Waals surface area contributed by atoms with Crippen LogP contribution in [0, 0.1) is 0 Å². The second-order valence-corrected chi connectivity index (χ2v) is 11.5. The molecule has 1 aromatic heterocycles. The minimum Gasteiger partial charge on any atom is -0.457 e. The number of nitrogens with zero attached hydrogens (tertiary/aromatic N) is 3. The molecule has 0 saturated carbocycles. The smallest absolute Gasteiger partial charge is 0.164 e. The van der Waals surface area contributed by atoms with Gasteiger partial charge in [0, 0.05) is 38.4 Å². The number of rotatable bonds is 5. The van der Waals surface area contributed by atoms with Crippen LogP contribution in [0.3, 0.4) is 0 Å². The van der Waals surface area contributed by atoms with Crippen molar-refractivity contribution in [2.45, 2.75) is 5.60 Å². The lowest BCUT2D eigenvalue weighted by Gasteiger charge is -2.37. The molecule has 7 aromatic rings. The first-order valence-corrected chi connectivity index (χ1v) is 15.3. The van der Waals surface area contributed by atoms with Crippen LogP contribution in [0.25, 0.3) is 45.3 Å². The minimum atomic E-state index is -1.57. The topological polar surface area (TPSA) is 68.1 Å². The fourth-order valence-electron chi connectivity index (χ4n) is 6.16. The maximum Gasteiger partial charge on any atom is 0.164 e. The molecule has 0 bridgehead atoms. The van der Waals surface area contributed by atoms with Crippen molar-refractivity contribution in [1.29, 1.82) is 0 Å². The molecule has 0 amide bonds. The quantitative estimate of drug-likeness (QED) is 0.209. The van der Waals surface area contributed by atoms with E-state index in [1.165, 1.54) is 0 Å². The summed E-state index contributed by atoms with van der Waals surface area (Å²) in [4.78, 5) is 14.9. The van der Waals surface area contributed by atoms with Crippen molar-refractivity contribution >= 4 is 11.6 Å². The van der Waals surface area contributed by atoms with Crippen molar-refractivity contribution < 1.29 is 9.84 Å². The van der Waals surface area contributed by atoms with E-state index in [0.29, 0.717) is 50.7 Å². The van der Waals surface area contributed by atoms with Gasteiger partial charge in [-0.1, -0.05) is 139 Å². The first-order valence-electron chi connectivity index (χ1n) is 15.0. The first-order chi connectivity index (χ1) is 22.6. The predicted octanol–water partition coefficient (Wildman–Crippen LogP) is 9.58. The van der Waals surface area contributed by atoms with E-state index >= 15 is 0 Å². The summed E-state index contributed by atoms with van der Waals surface area (Å²) >= 11 is 6.70. The van der Waals surface area contributed by atoms with E-state index in [1.54, 1.807) is 0 Å². The molecule has 6 aromatic carbocycles. The molecule has 0 unspecified atom stereocenters. The molecule has 1 N–H and O–H groups in total. The van der Waals surface area contributed by atoms with Crippen LogP contribution in [0.1, 0.15) is 16.7 Å². The first kappa shape index (κ1) is 27.9. The Labute approximate surface area is 271 Å². The number of aromatic nitrogens is 3. The monoisotopic (exact) mass is 615 g/mol. The van der Waals surface area contributed by atoms with Gasteiger partial charge in [0.15, 0.2) is 17.5 Å². The molecule has 0 saturated heterocycles. The van der Waals surface area contributed by atoms with Crippen LogP contribution >= 0.6 is 11.6 Å². The summed E-state index contributed by atoms with van der Waals surface area (Å²) in [6.07, 6.45) is 0. The average Bonchev–Trinajstić information content (AvgIpc) is 3.12. The number of halogens is 1. The Bertz CT molecular complexity index is 2120. The lowest BCUT2D eigenvalue weighted by molar-refractivity contribution is 0.113. The summed E-state index contributed by atoms with van der Waals surface area (Å²) in [5.41, 5.74) is 4.51. The molecule has 1 aliphatic rings. The maximum atomic E-state index is 13.0. The summed E-state index contributed by atoms with van der Waals surface area (Å²) in [7, 11) is 0. The molecule has 6 heteroatoms. The van der Waals surface area contributed by atoms with Crippen LogP contribution in [-0.2, 0) is 5.60 Å². The zero-order valence-corrected chi connectivity index (χ0v) is 25.3. The fraction of sp³-hybridized carbons (Fsp3) is 0.0250. The molecular weight excluding hydrogens is 590 g/mol. The van der Waals surface area contributed by atoms with Crippen LogP contribution in [-0.4, -0.2) is 20.1 Å². The third-order valence-corrected chi connectivity index (χ3v) is 8.54. The molecule has 0 spiro atoms. The van der Waals surface area contributed by atoms with Gasteiger partial charge in [0.05, 0.1) is 0 Å². The number of ether oxygens (including phenoxy) is 1. The zero-order valence-electron chi connectivity index (χ0n) is 24.5. The maximum absolute atomic E-state index is 13.0. The number of para-hydroxylation sites is 2. The van der Waals surface area contributed by atoms with Crippen LogP contribution in [0.15, 0.2) is 152 Å². The SMILES string of the molecule is OC1(c2cc(Cl)ccc2-c2ccccc2-c2nc(-c3ccccc3)nc(-c3ccccc3)n2)c2ccccc2Oc2ccccc21. The summed E-state index contributed by atoms with van der Waals surface area (Å²) in [6, 6.07) is 48.5. The van der Waals surface area contributed by atoms with Crippen molar-refractivity contribution in [3.63, 3.8) is 0 Å². The highest BCUT2D eigenvalue weighted by Gasteiger charge is 2.43. The predicted molar refractivity (Wildman–Crippen MR) is 182 cm³/mol. The van der Waals surface area contributed by atoms with Crippen molar-refractivity contribution in [1.82, 2.24) is 15.0 Å². The molecule has 46 heavy (non-hydrogen) atoms. The lowest BCUT2D eigenvalue weighted by Crippen LogP contribution is -2.33. The number of fused-ring (bicyclic) bond motifs is 2.